The minimum absolute atomic E-state index is 0.156. The molecule has 0 unspecified atom stereocenters. The zero-order valence-electron chi connectivity index (χ0n) is 6.41. The zero-order valence-corrected chi connectivity index (χ0v) is 7.31. The van der Waals surface area contributed by atoms with Crippen molar-refractivity contribution in [2.24, 2.45) is 0 Å². The number of hydrogen-bond donors (Lipinski definition) is 3. The molecule has 1 aromatic carbocycles. The highest BCUT2D eigenvalue weighted by atomic mass is 32.1. The van der Waals surface area contributed by atoms with Gasteiger partial charge in [-0.3, -0.25) is 0 Å². The summed E-state index contributed by atoms with van der Waals surface area (Å²) in [5, 5.41) is 9.02. The van der Waals surface area contributed by atoms with E-state index < -0.39 is 0 Å². The van der Waals surface area contributed by atoms with E-state index in [4.69, 9.17) is 10.8 Å². The van der Waals surface area contributed by atoms with E-state index in [9.17, 15) is 0 Å². The second kappa shape index (κ2) is 3.93. The summed E-state index contributed by atoms with van der Waals surface area (Å²) in [4.78, 5) is 0. The van der Waals surface area contributed by atoms with Crippen LogP contribution in [0.2, 0.25) is 0 Å². The van der Waals surface area contributed by atoms with Crippen molar-refractivity contribution in [2.45, 2.75) is 0 Å². The molecule has 0 heterocycles. The average molecular weight is 179 g/mol. The average Bonchev–Trinajstić information content (AvgIpc) is 2.03. The van der Waals surface area contributed by atoms with E-state index in [0.717, 1.165) is 5.56 Å². The maximum absolute atomic E-state index is 9.02. The zero-order chi connectivity index (χ0) is 8.97. The first-order chi connectivity index (χ1) is 5.74. The second-order valence-corrected chi connectivity index (χ2v) is 2.55. The number of benzene rings is 1. The number of phenols is 1. The molecule has 1 aromatic rings. The van der Waals surface area contributed by atoms with Gasteiger partial charge in [-0.1, -0.05) is 11.8 Å². The van der Waals surface area contributed by atoms with Crippen molar-refractivity contribution in [3.8, 4) is 17.6 Å². The number of phenolic OH excluding ortho intramolecular Hbond substituents is 1. The van der Waals surface area contributed by atoms with E-state index in [1.807, 2.05) is 0 Å². The highest BCUT2D eigenvalue weighted by molar-refractivity contribution is 7.80. The minimum Gasteiger partial charge on any atom is -0.508 e. The quantitative estimate of drug-likeness (QED) is 0.319. The summed E-state index contributed by atoms with van der Waals surface area (Å²) in [7, 11) is 0. The number of thiol groups is 1. The molecule has 12 heavy (non-hydrogen) atoms. The van der Waals surface area contributed by atoms with Crippen molar-refractivity contribution in [2.75, 3.05) is 11.5 Å². The van der Waals surface area contributed by atoms with Crippen LogP contribution in [0, 0.1) is 11.8 Å². The number of hydrogen-bond acceptors (Lipinski definition) is 3. The Morgan fingerprint density at radius 3 is 2.83 bits per heavy atom. The van der Waals surface area contributed by atoms with E-state index in [1.165, 1.54) is 6.07 Å². The van der Waals surface area contributed by atoms with Crippen molar-refractivity contribution in [1.82, 2.24) is 0 Å². The van der Waals surface area contributed by atoms with Crippen LogP contribution in [-0.2, 0) is 0 Å². The molecule has 62 valence electrons. The van der Waals surface area contributed by atoms with E-state index in [-0.39, 0.29) is 5.75 Å². The third-order valence-electron chi connectivity index (χ3n) is 1.34. The summed E-state index contributed by atoms with van der Waals surface area (Å²) in [5.41, 5.74) is 6.79. The van der Waals surface area contributed by atoms with Crippen LogP contribution in [-0.4, -0.2) is 10.9 Å². The molecule has 0 spiro atoms. The van der Waals surface area contributed by atoms with Crippen LogP contribution < -0.4 is 5.73 Å². The Labute approximate surface area is 76.8 Å². The van der Waals surface area contributed by atoms with Crippen molar-refractivity contribution >= 4 is 18.3 Å². The fourth-order valence-corrected chi connectivity index (χ4v) is 0.878. The van der Waals surface area contributed by atoms with E-state index in [1.54, 1.807) is 12.1 Å². The minimum atomic E-state index is 0.156. The van der Waals surface area contributed by atoms with Gasteiger partial charge < -0.3 is 10.8 Å². The lowest BCUT2D eigenvalue weighted by molar-refractivity contribution is 0.475. The predicted octanol–water partition coefficient (Wildman–Crippen LogP) is 1.26. The maximum Gasteiger partial charge on any atom is 0.117 e. The topological polar surface area (TPSA) is 46.2 Å². The lowest BCUT2D eigenvalue weighted by atomic mass is 10.2. The molecule has 0 aliphatic carbocycles. The van der Waals surface area contributed by atoms with Crippen LogP contribution in [0.5, 0.6) is 5.75 Å². The van der Waals surface area contributed by atoms with Crippen LogP contribution in [0.3, 0.4) is 0 Å². The fraction of sp³-hybridized carbons (Fsp3) is 0.111. The molecule has 3 heteroatoms. The molecule has 1 rings (SSSR count). The number of nitrogen functional groups attached to an aromatic ring is 1. The lowest BCUT2D eigenvalue weighted by Crippen LogP contribution is -1.88. The Hall–Kier alpha value is -1.27. The molecule has 0 saturated heterocycles. The summed E-state index contributed by atoms with van der Waals surface area (Å²) in [6.45, 7) is 0. The van der Waals surface area contributed by atoms with Gasteiger partial charge in [0, 0.05) is 11.6 Å². The predicted molar refractivity (Wildman–Crippen MR) is 53.3 cm³/mol. The Bertz CT molecular complexity index is 338. The molecule has 0 atom stereocenters. The van der Waals surface area contributed by atoms with Crippen molar-refractivity contribution in [3.05, 3.63) is 23.8 Å². The number of aromatic hydroxyl groups is 1. The Morgan fingerprint density at radius 1 is 1.50 bits per heavy atom. The van der Waals surface area contributed by atoms with Crippen LogP contribution >= 0.6 is 12.6 Å². The molecule has 0 aliphatic heterocycles. The van der Waals surface area contributed by atoms with Gasteiger partial charge in [-0.25, -0.2) is 0 Å². The number of anilines is 1. The molecule has 0 fully saturated rings. The Balaban J connectivity index is 3.01. The molecule has 2 nitrogen and oxygen atoms in total. The van der Waals surface area contributed by atoms with Gasteiger partial charge in [0.2, 0.25) is 0 Å². The van der Waals surface area contributed by atoms with Crippen molar-refractivity contribution < 1.29 is 5.11 Å². The summed E-state index contributed by atoms with van der Waals surface area (Å²) < 4.78 is 0. The van der Waals surface area contributed by atoms with Crippen LogP contribution in [0.25, 0.3) is 0 Å². The molecule has 0 aliphatic rings. The molecule has 0 amide bonds. The van der Waals surface area contributed by atoms with Gasteiger partial charge in [-0.15, -0.1) is 0 Å². The fourth-order valence-electron chi connectivity index (χ4n) is 0.799. The summed E-state index contributed by atoms with van der Waals surface area (Å²) >= 11 is 3.94. The van der Waals surface area contributed by atoms with E-state index in [0.29, 0.717) is 11.4 Å². The van der Waals surface area contributed by atoms with Gasteiger partial charge >= 0.3 is 0 Å². The van der Waals surface area contributed by atoms with Gasteiger partial charge in [0.1, 0.15) is 5.75 Å². The first kappa shape index (κ1) is 8.82. The van der Waals surface area contributed by atoms with Crippen molar-refractivity contribution in [1.29, 1.82) is 0 Å². The molecular formula is C9H9NOS. The summed E-state index contributed by atoms with van der Waals surface area (Å²) in [5.74, 6) is 6.26. The normalized spacial score (nSPS) is 8.75. The Morgan fingerprint density at radius 2 is 2.25 bits per heavy atom. The van der Waals surface area contributed by atoms with Crippen molar-refractivity contribution in [3.63, 3.8) is 0 Å². The Kier molecular flexibility index (Phi) is 2.89. The van der Waals surface area contributed by atoms with E-state index >= 15 is 0 Å². The smallest absolute Gasteiger partial charge is 0.117 e. The standard InChI is InChI=1S/C9H9NOS/c10-9-6-8(11)4-3-7(9)2-1-5-12/h3-4,6,11-12H,5,10H2. The molecular weight excluding hydrogens is 170 g/mol. The largest absolute Gasteiger partial charge is 0.508 e. The van der Waals surface area contributed by atoms with Gasteiger partial charge in [-0.2, -0.15) is 12.6 Å². The third kappa shape index (κ3) is 2.11. The molecule has 0 radical (unpaired) electrons. The van der Waals surface area contributed by atoms with Gasteiger partial charge in [-0.05, 0) is 12.1 Å². The van der Waals surface area contributed by atoms with Gasteiger partial charge in [0.15, 0.2) is 0 Å². The van der Waals surface area contributed by atoms with E-state index in [2.05, 4.69) is 24.5 Å². The number of rotatable bonds is 0. The SMILES string of the molecule is Nc1cc(O)ccc1C#CCS. The highest BCUT2D eigenvalue weighted by Gasteiger charge is 1.95. The van der Waals surface area contributed by atoms with Crippen LogP contribution in [0.1, 0.15) is 5.56 Å². The second-order valence-electron chi connectivity index (χ2n) is 2.23. The summed E-state index contributed by atoms with van der Waals surface area (Å²) in [6.07, 6.45) is 0. The molecule has 3 N–H and O–H groups in total. The van der Waals surface area contributed by atoms with Gasteiger partial charge in [0.25, 0.3) is 0 Å². The highest BCUT2D eigenvalue weighted by Crippen LogP contribution is 2.17. The first-order valence-electron chi connectivity index (χ1n) is 3.42. The number of nitrogens with two attached hydrogens (primary N) is 1. The monoisotopic (exact) mass is 179 g/mol. The third-order valence-corrected chi connectivity index (χ3v) is 1.50. The molecule has 0 saturated carbocycles. The first-order valence-corrected chi connectivity index (χ1v) is 4.05. The molecule has 0 bridgehead atoms. The van der Waals surface area contributed by atoms with Crippen LogP contribution in [0.4, 0.5) is 5.69 Å². The summed E-state index contributed by atoms with van der Waals surface area (Å²) in [6, 6.07) is 4.71. The van der Waals surface area contributed by atoms with Crippen LogP contribution in [0.15, 0.2) is 18.2 Å². The van der Waals surface area contributed by atoms with Gasteiger partial charge in [0.05, 0.1) is 11.4 Å². The molecule has 0 aromatic heterocycles. The maximum atomic E-state index is 9.02. The lowest BCUT2D eigenvalue weighted by Gasteiger charge is -1.97.